The van der Waals surface area contributed by atoms with E-state index in [0.29, 0.717) is 11.4 Å². The van der Waals surface area contributed by atoms with Crippen LogP contribution in [-0.4, -0.2) is 0 Å². The van der Waals surface area contributed by atoms with Gasteiger partial charge in [-0.1, -0.05) is 139 Å². The van der Waals surface area contributed by atoms with Crippen LogP contribution in [0.1, 0.15) is 17.8 Å². The van der Waals surface area contributed by atoms with Gasteiger partial charge in [0.2, 0.25) is 0 Å². The Kier molecular flexibility index (Phi) is 3.82. The molecule has 0 spiro atoms. The molecule has 1 heterocycles. The second kappa shape index (κ2) is 10.8. The van der Waals surface area contributed by atoms with Gasteiger partial charge in [-0.05, 0) is 69.4 Å². The number of hydrogen-bond donors (Lipinski definition) is 0. The molecule has 46 heavy (non-hydrogen) atoms. The van der Waals surface area contributed by atoms with Crippen molar-refractivity contribution in [1.29, 1.82) is 0 Å². The molecule has 9 aromatic rings. The molecule has 2 nitrogen and oxygen atoms in total. The van der Waals surface area contributed by atoms with Crippen molar-refractivity contribution < 1.29 is 22.2 Å². The van der Waals surface area contributed by atoms with Crippen LogP contribution in [0.25, 0.3) is 65.7 Å². The van der Waals surface area contributed by atoms with Crippen LogP contribution in [0.2, 0.25) is 0 Å². The summed E-state index contributed by atoms with van der Waals surface area (Å²) in [4.78, 5) is 1.74. The van der Waals surface area contributed by atoms with Crippen LogP contribution in [-0.2, 0) is 0 Å². The second-order valence-electron chi connectivity index (χ2n) is 10.7. The molecule has 0 fully saturated rings. The summed E-state index contributed by atoms with van der Waals surface area (Å²) < 4.78 is 123. The minimum atomic E-state index is -0.714. The zero-order valence-electron chi connectivity index (χ0n) is 37.1. The molecule has 0 aliphatic carbocycles. The van der Waals surface area contributed by atoms with Gasteiger partial charge in [-0.3, -0.25) is 0 Å². The van der Waals surface area contributed by atoms with Gasteiger partial charge in [-0.25, -0.2) is 0 Å². The first-order valence-corrected chi connectivity index (χ1v) is 14.6. The van der Waals surface area contributed by atoms with Gasteiger partial charge in [0.05, 0.1) is 34.6 Å². The Morgan fingerprint density at radius 3 is 2.04 bits per heavy atom. The lowest BCUT2D eigenvalue weighted by molar-refractivity contribution is 0.672. The van der Waals surface area contributed by atoms with Crippen molar-refractivity contribution >= 4 is 60.5 Å². The third kappa shape index (κ3) is 4.27. The van der Waals surface area contributed by atoms with Crippen molar-refractivity contribution in [1.82, 2.24) is 0 Å². The first-order valence-electron chi connectivity index (χ1n) is 21.1. The van der Waals surface area contributed by atoms with E-state index >= 15 is 0 Å². The lowest BCUT2D eigenvalue weighted by Crippen LogP contribution is -2.10. The lowest BCUT2D eigenvalue weighted by atomic mass is 9.95. The highest BCUT2D eigenvalue weighted by Gasteiger charge is 2.22. The minimum absolute atomic E-state index is 0.0148. The minimum Gasteiger partial charge on any atom is -0.455 e. The van der Waals surface area contributed by atoms with Gasteiger partial charge < -0.3 is 9.32 Å². The fourth-order valence-corrected chi connectivity index (χ4v) is 6.06. The number of nitrogens with zero attached hydrogens (tertiary/aromatic N) is 1. The van der Waals surface area contributed by atoms with Crippen LogP contribution < -0.4 is 4.90 Å². The smallest absolute Gasteiger partial charge is 0.143 e. The predicted octanol–water partition coefficient (Wildman–Crippen LogP) is 12.7. The molecule has 1 aromatic heterocycles. The number of furan rings is 1. The average molecular weight is 601 g/mol. The summed E-state index contributed by atoms with van der Waals surface area (Å²) in [5.74, 6) is 0. The van der Waals surface area contributed by atoms with Gasteiger partial charge in [-0.2, -0.15) is 0 Å². The maximum Gasteiger partial charge on any atom is 0.143 e. The number of fused-ring (bicyclic) bond motifs is 6. The predicted molar refractivity (Wildman–Crippen MR) is 194 cm³/mol. The molecule has 0 saturated heterocycles. The molecular weight excluding hydrogens is 558 g/mol. The fourth-order valence-electron chi connectivity index (χ4n) is 6.06. The van der Waals surface area contributed by atoms with Crippen LogP contribution in [0, 0.1) is 0 Å². The van der Waals surface area contributed by atoms with E-state index in [4.69, 9.17) is 19.5 Å². The molecule has 0 unspecified atom stereocenters. The summed E-state index contributed by atoms with van der Waals surface area (Å²) in [5.41, 5.74) is 1.64. The summed E-state index contributed by atoms with van der Waals surface area (Å²) in [6.07, 6.45) is 0. The lowest BCUT2D eigenvalue weighted by Gasteiger charge is -2.27. The summed E-state index contributed by atoms with van der Waals surface area (Å²) >= 11 is 0. The average Bonchev–Trinajstić information content (AvgIpc) is 3.66. The Morgan fingerprint density at radius 2 is 1.20 bits per heavy atom. The summed E-state index contributed by atoms with van der Waals surface area (Å²) in [6, 6.07) is 22.4. The molecule has 0 radical (unpaired) electrons. The molecule has 0 aliphatic heterocycles. The largest absolute Gasteiger partial charge is 0.455 e. The number of benzene rings is 8. The Morgan fingerprint density at radius 1 is 0.478 bits per heavy atom. The molecule has 0 bridgehead atoms. The number of anilines is 3. The Balaban J connectivity index is 1.51. The van der Waals surface area contributed by atoms with Crippen molar-refractivity contribution in [3.05, 3.63) is 176 Å². The maximum absolute atomic E-state index is 9.90. The van der Waals surface area contributed by atoms with Gasteiger partial charge >= 0.3 is 0 Å². The quantitative estimate of drug-likeness (QED) is 0.195. The van der Waals surface area contributed by atoms with Gasteiger partial charge in [0, 0.05) is 21.8 Å². The van der Waals surface area contributed by atoms with Crippen LogP contribution in [0.3, 0.4) is 0 Å². The Bertz CT molecular complexity index is 3220. The molecule has 0 amide bonds. The van der Waals surface area contributed by atoms with Crippen molar-refractivity contribution in [2.24, 2.45) is 0 Å². The molecular formula is C44H29NO. The van der Waals surface area contributed by atoms with Crippen molar-refractivity contribution in [2.75, 3.05) is 4.90 Å². The molecule has 0 N–H and O–H groups in total. The Labute approximate surface area is 285 Å². The Hall–Kier alpha value is -6.12. The van der Waals surface area contributed by atoms with Gasteiger partial charge in [0.1, 0.15) is 11.2 Å². The van der Waals surface area contributed by atoms with Gasteiger partial charge in [0.15, 0.2) is 0 Å². The topological polar surface area (TPSA) is 16.4 Å². The molecule has 8 aromatic carbocycles. The van der Waals surface area contributed by atoms with E-state index in [1.165, 1.54) is 0 Å². The SMILES string of the molecule is [2H]c1c([2H])c([2H])c(-c2c([2H])c3c(oc4c([2H])c([2H])c([2H])c(N(c5ccc(-c6ccccc6)cc5)c5cccc6ccccc56)c43)c3c([2H])c([2H])c([2H])c([2H])c23)c([2H])c1[2H]. The van der Waals surface area contributed by atoms with E-state index < -0.39 is 84.1 Å². The summed E-state index contributed by atoms with van der Waals surface area (Å²) in [6.45, 7) is 0. The second-order valence-corrected chi connectivity index (χ2v) is 10.7. The van der Waals surface area contributed by atoms with E-state index in [1.807, 2.05) is 97.1 Å². The highest BCUT2D eigenvalue weighted by molar-refractivity contribution is 6.23. The van der Waals surface area contributed by atoms with Crippen LogP contribution in [0.4, 0.5) is 17.1 Å². The first-order chi connectivity index (χ1) is 28.2. The molecule has 0 atom stereocenters. The maximum atomic E-state index is 9.90. The highest BCUT2D eigenvalue weighted by atomic mass is 16.3. The van der Waals surface area contributed by atoms with Gasteiger partial charge in [-0.15, -0.1) is 0 Å². The summed E-state index contributed by atoms with van der Waals surface area (Å²) in [5, 5.41) is 0.882. The highest BCUT2D eigenvalue weighted by Crippen LogP contribution is 2.47. The monoisotopic (exact) mass is 600 g/mol. The standard InChI is InChI=1S/C44H29NO/c1-3-13-30(14-4-1)31-25-27-34(28-26-31)45(40-22-11-18-32-17-7-8-19-35(32)40)41-23-12-24-42-43(41)39-29-38(33-15-5-2-6-16-33)36-20-9-10-21-37(36)44(39)46-42/h1-29H/i2D,5D,6D,9D,10D,12D,15D,16D,20D,21D,23D,24D,29D. The van der Waals surface area contributed by atoms with E-state index in [9.17, 15) is 2.74 Å². The fraction of sp³-hybridized carbons (Fsp3) is 0. The number of hydrogen-bond acceptors (Lipinski definition) is 2. The molecule has 9 rings (SSSR count). The molecule has 0 saturated carbocycles. The van der Waals surface area contributed by atoms with Gasteiger partial charge in [0.25, 0.3) is 0 Å². The van der Waals surface area contributed by atoms with E-state index in [0.717, 1.165) is 21.9 Å². The van der Waals surface area contributed by atoms with E-state index in [2.05, 4.69) is 0 Å². The third-order valence-electron chi connectivity index (χ3n) is 8.13. The molecule has 216 valence electrons. The summed E-state index contributed by atoms with van der Waals surface area (Å²) in [7, 11) is 0. The van der Waals surface area contributed by atoms with Crippen molar-refractivity contribution in [3.8, 4) is 22.3 Å². The molecule has 2 heteroatoms. The van der Waals surface area contributed by atoms with Crippen LogP contribution in [0.5, 0.6) is 0 Å². The van der Waals surface area contributed by atoms with Crippen LogP contribution >= 0.6 is 0 Å². The normalized spacial score (nSPS) is 15.4. The van der Waals surface area contributed by atoms with Crippen molar-refractivity contribution in [3.63, 3.8) is 0 Å². The number of rotatable bonds is 5. The van der Waals surface area contributed by atoms with Crippen LogP contribution in [0.15, 0.2) is 180 Å². The van der Waals surface area contributed by atoms with E-state index in [-0.39, 0.29) is 44.0 Å². The third-order valence-corrected chi connectivity index (χ3v) is 8.13. The zero-order valence-corrected chi connectivity index (χ0v) is 24.1. The first kappa shape index (κ1) is 16.3. The zero-order chi connectivity index (χ0) is 41.8. The van der Waals surface area contributed by atoms with Crippen molar-refractivity contribution in [2.45, 2.75) is 0 Å². The van der Waals surface area contributed by atoms with E-state index in [1.54, 1.807) is 4.90 Å². The molecule has 0 aliphatic rings.